The maximum Gasteiger partial charge on any atom is 0.417 e. The zero-order valence-corrected chi connectivity index (χ0v) is 17.8. The van der Waals surface area contributed by atoms with Gasteiger partial charge in [0.2, 0.25) is 0 Å². The normalized spacial score (nSPS) is 11.3. The average molecular weight is 468 g/mol. The molecule has 4 aromatic rings. The van der Waals surface area contributed by atoms with Gasteiger partial charge in [-0.05, 0) is 24.3 Å². The fraction of sp³-hybridized carbons (Fsp3) is 0.130. The van der Waals surface area contributed by atoms with E-state index < -0.39 is 17.8 Å². The third kappa shape index (κ3) is 5.14. The Hall–Kier alpha value is -4.41. The van der Waals surface area contributed by atoms with Crippen molar-refractivity contribution in [2.24, 2.45) is 7.05 Å². The van der Waals surface area contributed by atoms with Gasteiger partial charge in [-0.1, -0.05) is 30.3 Å². The van der Waals surface area contributed by atoms with E-state index in [0.29, 0.717) is 17.1 Å². The molecular formula is C23H19F3N6O2. The molecule has 0 aliphatic heterocycles. The lowest BCUT2D eigenvalue weighted by atomic mass is 10.0. The van der Waals surface area contributed by atoms with Gasteiger partial charge >= 0.3 is 12.3 Å². The van der Waals surface area contributed by atoms with Crippen molar-refractivity contribution in [3.63, 3.8) is 0 Å². The van der Waals surface area contributed by atoms with Crippen LogP contribution in [0.3, 0.4) is 0 Å². The molecule has 0 atom stereocenters. The number of carbonyl (C=O) groups is 1. The average Bonchev–Trinajstić information content (AvgIpc) is 3.24. The Bertz CT molecular complexity index is 1320. The van der Waals surface area contributed by atoms with Crippen molar-refractivity contribution in [1.29, 1.82) is 0 Å². The molecule has 174 valence electrons. The third-order valence-corrected chi connectivity index (χ3v) is 4.88. The molecule has 0 radical (unpaired) electrons. The molecule has 0 fully saturated rings. The summed E-state index contributed by atoms with van der Waals surface area (Å²) in [5.74, 6) is 0.244. The van der Waals surface area contributed by atoms with E-state index >= 15 is 0 Å². The minimum Gasteiger partial charge on any atom is -0.465 e. The van der Waals surface area contributed by atoms with Crippen molar-refractivity contribution in [2.75, 3.05) is 5.32 Å². The Labute approximate surface area is 192 Å². The van der Waals surface area contributed by atoms with Gasteiger partial charge in [0.05, 0.1) is 35.4 Å². The monoisotopic (exact) mass is 468 g/mol. The van der Waals surface area contributed by atoms with Gasteiger partial charge in [-0.25, -0.2) is 14.8 Å². The van der Waals surface area contributed by atoms with Gasteiger partial charge in [0.15, 0.2) is 0 Å². The Morgan fingerprint density at radius 2 is 1.88 bits per heavy atom. The van der Waals surface area contributed by atoms with E-state index in [9.17, 15) is 18.0 Å². The fourth-order valence-corrected chi connectivity index (χ4v) is 3.36. The van der Waals surface area contributed by atoms with E-state index in [4.69, 9.17) is 5.11 Å². The second kappa shape index (κ2) is 9.22. The standard InChI is InChI=1S/C23H19F3N6O2/c1-32-10-9-18(31-32)16-11-15(7-8-17(16)23(24,25)26)29-19-12-27-20(13-28-22(33)34)30-21(19)14-5-3-2-4-6-14/h2-12,28-29H,13H2,1H3,(H,33,34). The highest BCUT2D eigenvalue weighted by Gasteiger charge is 2.34. The number of hydrogen-bond acceptors (Lipinski definition) is 5. The van der Waals surface area contributed by atoms with E-state index in [1.54, 1.807) is 13.2 Å². The van der Waals surface area contributed by atoms with Gasteiger partial charge < -0.3 is 15.7 Å². The molecule has 0 unspecified atom stereocenters. The van der Waals surface area contributed by atoms with E-state index in [-0.39, 0.29) is 23.6 Å². The molecule has 0 saturated carbocycles. The lowest BCUT2D eigenvalue weighted by Gasteiger charge is -2.16. The number of carboxylic acid groups (broad SMARTS) is 1. The van der Waals surface area contributed by atoms with Gasteiger partial charge in [0.25, 0.3) is 0 Å². The van der Waals surface area contributed by atoms with Crippen LogP contribution in [0.15, 0.2) is 67.0 Å². The quantitative estimate of drug-likeness (QED) is 0.365. The lowest BCUT2D eigenvalue weighted by molar-refractivity contribution is -0.137. The highest BCUT2D eigenvalue weighted by Crippen LogP contribution is 2.39. The molecule has 2 heterocycles. The molecule has 2 aromatic carbocycles. The van der Waals surface area contributed by atoms with E-state index in [1.807, 2.05) is 30.3 Å². The largest absolute Gasteiger partial charge is 0.465 e. The number of rotatable bonds is 6. The molecule has 2 aromatic heterocycles. The van der Waals surface area contributed by atoms with Crippen LogP contribution in [0.25, 0.3) is 22.5 Å². The number of hydrogen-bond donors (Lipinski definition) is 3. The van der Waals surface area contributed by atoms with Crippen LogP contribution in [0.5, 0.6) is 0 Å². The predicted octanol–water partition coefficient (Wildman–Crippen LogP) is 5.07. The molecule has 4 rings (SSSR count). The van der Waals surface area contributed by atoms with E-state index in [1.165, 1.54) is 29.1 Å². The van der Waals surface area contributed by atoms with Gasteiger partial charge in [-0.15, -0.1) is 0 Å². The van der Waals surface area contributed by atoms with Crippen LogP contribution >= 0.6 is 0 Å². The molecule has 11 heteroatoms. The first-order valence-electron chi connectivity index (χ1n) is 10.1. The van der Waals surface area contributed by atoms with Crippen molar-refractivity contribution < 1.29 is 23.1 Å². The van der Waals surface area contributed by atoms with Crippen LogP contribution in [0, 0.1) is 0 Å². The zero-order chi connectivity index (χ0) is 24.3. The minimum atomic E-state index is -4.55. The molecule has 34 heavy (non-hydrogen) atoms. The number of amides is 1. The van der Waals surface area contributed by atoms with Crippen molar-refractivity contribution in [2.45, 2.75) is 12.7 Å². The molecule has 0 aliphatic rings. The number of alkyl halides is 3. The van der Waals surface area contributed by atoms with Crippen molar-refractivity contribution >= 4 is 17.5 Å². The second-order valence-electron chi connectivity index (χ2n) is 7.33. The molecule has 1 amide bonds. The Kier molecular flexibility index (Phi) is 6.17. The number of benzene rings is 2. The molecule has 3 N–H and O–H groups in total. The Morgan fingerprint density at radius 1 is 1.12 bits per heavy atom. The molecule has 0 aliphatic carbocycles. The van der Waals surface area contributed by atoms with Gasteiger partial charge in [-0.3, -0.25) is 4.68 Å². The number of anilines is 2. The van der Waals surface area contributed by atoms with Crippen LogP contribution in [0.1, 0.15) is 11.4 Å². The first-order valence-corrected chi connectivity index (χ1v) is 10.1. The summed E-state index contributed by atoms with van der Waals surface area (Å²) in [7, 11) is 1.63. The molecule has 8 nitrogen and oxygen atoms in total. The summed E-state index contributed by atoms with van der Waals surface area (Å²) in [5.41, 5.74) is 1.34. The number of aryl methyl sites for hydroxylation is 1. The van der Waals surface area contributed by atoms with Crippen molar-refractivity contribution in [3.05, 3.63) is 78.4 Å². The van der Waals surface area contributed by atoms with Crippen LogP contribution in [0.4, 0.5) is 29.3 Å². The highest BCUT2D eigenvalue weighted by atomic mass is 19.4. The van der Waals surface area contributed by atoms with Crippen LogP contribution in [0.2, 0.25) is 0 Å². The molecule has 0 saturated heterocycles. The summed E-state index contributed by atoms with van der Waals surface area (Å²) in [4.78, 5) is 19.5. The minimum absolute atomic E-state index is 0.0671. The van der Waals surface area contributed by atoms with Crippen LogP contribution in [-0.4, -0.2) is 30.9 Å². The summed E-state index contributed by atoms with van der Waals surface area (Å²) in [6, 6.07) is 14.3. The van der Waals surface area contributed by atoms with Crippen LogP contribution < -0.4 is 10.6 Å². The molecule has 0 bridgehead atoms. The Balaban J connectivity index is 1.75. The Morgan fingerprint density at radius 3 is 2.53 bits per heavy atom. The smallest absolute Gasteiger partial charge is 0.417 e. The summed E-state index contributed by atoms with van der Waals surface area (Å²) in [6.45, 7) is -0.0977. The zero-order valence-electron chi connectivity index (χ0n) is 17.8. The summed E-state index contributed by atoms with van der Waals surface area (Å²) < 4.78 is 42.3. The summed E-state index contributed by atoms with van der Waals surface area (Å²) in [5, 5.41) is 18.3. The maximum atomic E-state index is 13.6. The SMILES string of the molecule is Cn1ccc(-c2cc(Nc3cnc(CNC(=O)O)nc3-c3ccccc3)ccc2C(F)(F)F)n1. The molecular weight excluding hydrogens is 449 g/mol. The summed E-state index contributed by atoms with van der Waals surface area (Å²) in [6.07, 6.45) is -2.73. The van der Waals surface area contributed by atoms with Crippen molar-refractivity contribution in [1.82, 2.24) is 25.1 Å². The second-order valence-corrected chi connectivity index (χ2v) is 7.33. The predicted molar refractivity (Wildman–Crippen MR) is 119 cm³/mol. The lowest BCUT2D eigenvalue weighted by Crippen LogP contribution is -2.21. The number of nitrogens with zero attached hydrogens (tertiary/aromatic N) is 4. The fourth-order valence-electron chi connectivity index (χ4n) is 3.36. The van der Waals surface area contributed by atoms with Gasteiger partial charge in [0, 0.05) is 30.1 Å². The first-order chi connectivity index (χ1) is 16.2. The summed E-state index contributed by atoms with van der Waals surface area (Å²) >= 11 is 0. The van der Waals surface area contributed by atoms with Crippen LogP contribution in [-0.2, 0) is 19.8 Å². The van der Waals surface area contributed by atoms with Gasteiger partial charge in [-0.2, -0.15) is 18.3 Å². The number of halogens is 3. The number of nitrogens with one attached hydrogen (secondary N) is 2. The third-order valence-electron chi connectivity index (χ3n) is 4.88. The topological polar surface area (TPSA) is 105 Å². The maximum absolute atomic E-state index is 13.6. The first kappa shape index (κ1) is 22.8. The van der Waals surface area contributed by atoms with Crippen molar-refractivity contribution in [3.8, 4) is 22.5 Å². The van der Waals surface area contributed by atoms with Gasteiger partial charge in [0.1, 0.15) is 5.82 Å². The number of aromatic nitrogens is 4. The van der Waals surface area contributed by atoms with E-state index in [0.717, 1.165) is 11.6 Å². The molecule has 0 spiro atoms. The van der Waals surface area contributed by atoms with E-state index in [2.05, 4.69) is 25.7 Å². The highest BCUT2D eigenvalue weighted by molar-refractivity contribution is 5.79.